The van der Waals surface area contributed by atoms with Gasteiger partial charge in [-0.3, -0.25) is 4.79 Å². The summed E-state index contributed by atoms with van der Waals surface area (Å²) in [6.45, 7) is 11.1. The lowest BCUT2D eigenvalue weighted by Gasteiger charge is -2.16. The van der Waals surface area contributed by atoms with Gasteiger partial charge in [-0.15, -0.1) is 0 Å². The number of carbonyl (C=O) groups excluding carboxylic acids is 1. The molecule has 1 aromatic rings. The molecule has 0 saturated carbocycles. The minimum Gasteiger partial charge on any atom is -0.490 e. The lowest BCUT2D eigenvalue weighted by Crippen LogP contribution is -2.17. The van der Waals surface area contributed by atoms with Gasteiger partial charge >= 0.3 is 0 Å². The fraction of sp³-hybridized carbons (Fsp3) is 0.562. The van der Waals surface area contributed by atoms with Gasteiger partial charge in [-0.25, -0.2) is 0 Å². The first-order valence-corrected chi connectivity index (χ1v) is 6.95. The third-order valence-electron chi connectivity index (χ3n) is 3.24. The van der Waals surface area contributed by atoms with Gasteiger partial charge in [0.15, 0.2) is 17.3 Å². The summed E-state index contributed by atoms with van der Waals surface area (Å²) in [5.74, 6) is 1.82. The van der Waals surface area contributed by atoms with Crippen LogP contribution in [0.3, 0.4) is 0 Å². The number of Topliss-reactive ketones (excluding diaryl/α,β-unsaturated/α-hetero) is 1. The van der Waals surface area contributed by atoms with Crippen LogP contribution >= 0.6 is 0 Å². The van der Waals surface area contributed by atoms with Crippen molar-refractivity contribution in [1.82, 2.24) is 0 Å². The first kappa shape index (κ1) is 15.5. The maximum absolute atomic E-state index is 12.3. The molecule has 0 aliphatic heterocycles. The van der Waals surface area contributed by atoms with Crippen molar-refractivity contribution < 1.29 is 14.3 Å². The zero-order valence-electron chi connectivity index (χ0n) is 12.5. The maximum atomic E-state index is 12.3. The average molecular weight is 264 g/mol. The Morgan fingerprint density at radius 3 is 2.16 bits per heavy atom. The molecule has 0 aliphatic rings. The Morgan fingerprint density at radius 1 is 1.05 bits per heavy atom. The van der Waals surface area contributed by atoms with E-state index in [2.05, 4.69) is 13.8 Å². The molecule has 1 unspecified atom stereocenters. The van der Waals surface area contributed by atoms with Gasteiger partial charge < -0.3 is 9.47 Å². The van der Waals surface area contributed by atoms with Crippen molar-refractivity contribution in [3.63, 3.8) is 0 Å². The van der Waals surface area contributed by atoms with Gasteiger partial charge in [0.1, 0.15) is 0 Å². The van der Waals surface area contributed by atoms with E-state index < -0.39 is 0 Å². The van der Waals surface area contributed by atoms with Crippen molar-refractivity contribution >= 4 is 5.78 Å². The predicted molar refractivity (Wildman–Crippen MR) is 77.1 cm³/mol. The summed E-state index contributed by atoms with van der Waals surface area (Å²) in [6.07, 6.45) is 0. The van der Waals surface area contributed by atoms with E-state index in [0.29, 0.717) is 36.2 Å². The van der Waals surface area contributed by atoms with E-state index in [9.17, 15) is 4.79 Å². The third-order valence-corrected chi connectivity index (χ3v) is 3.24. The second-order valence-electron chi connectivity index (χ2n) is 4.92. The standard InChI is InChI=1S/C16H24O3/c1-6-18-14-9-8-13(10-15(14)19-7-2)16(17)12(5)11(3)4/h8-12H,6-7H2,1-5H3. The number of ether oxygens (including phenoxy) is 2. The molecule has 106 valence electrons. The second kappa shape index (κ2) is 7.17. The quantitative estimate of drug-likeness (QED) is 0.699. The number of ketones is 1. The van der Waals surface area contributed by atoms with Gasteiger partial charge in [0.05, 0.1) is 13.2 Å². The fourth-order valence-electron chi connectivity index (χ4n) is 1.77. The smallest absolute Gasteiger partial charge is 0.166 e. The summed E-state index contributed by atoms with van der Waals surface area (Å²) in [4.78, 5) is 12.3. The molecule has 0 amide bonds. The molecule has 0 N–H and O–H groups in total. The van der Waals surface area contributed by atoms with Crippen molar-refractivity contribution in [2.24, 2.45) is 11.8 Å². The van der Waals surface area contributed by atoms with Crippen LogP contribution in [0.1, 0.15) is 45.0 Å². The van der Waals surface area contributed by atoms with Crippen molar-refractivity contribution in [2.75, 3.05) is 13.2 Å². The summed E-state index contributed by atoms with van der Waals surface area (Å²) in [5.41, 5.74) is 0.688. The number of benzene rings is 1. The Labute approximate surface area is 115 Å². The van der Waals surface area contributed by atoms with Crippen LogP contribution in [-0.2, 0) is 0 Å². The number of rotatable bonds is 7. The Bertz CT molecular complexity index is 424. The van der Waals surface area contributed by atoms with Gasteiger partial charge in [0.2, 0.25) is 0 Å². The molecule has 0 bridgehead atoms. The molecule has 3 nitrogen and oxygen atoms in total. The van der Waals surface area contributed by atoms with Crippen LogP contribution in [0.2, 0.25) is 0 Å². The normalized spacial score (nSPS) is 12.3. The highest BCUT2D eigenvalue weighted by Gasteiger charge is 2.20. The molecule has 0 fully saturated rings. The second-order valence-corrected chi connectivity index (χ2v) is 4.92. The highest BCUT2D eigenvalue weighted by molar-refractivity contribution is 5.98. The molecule has 1 atom stereocenters. The van der Waals surface area contributed by atoms with Gasteiger partial charge in [0.25, 0.3) is 0 Å². The van der Waals surface area contributed by atoms with Crippen LogP contribution in [0.15, 0.2) is 18.2 Å². The number of carbonyl (C=O) groups is 1. The van der Waals surface area contributed by atoms with Gasteiger partial charge in [-0.05, 0) is 38.0 Å². The van der Waals surface area contributed by atoms with Crippen molar-refractivity contribution in [1.29, 1.82) is 0 Å². The molecule has 19 heavy (non-hydrogen) atoms. The summed E-state index contributed by atoms with van der Waals surface area (Å²) in [5, 5.41) is 0. The summed E-state index contributed by atoms with van der Waals surface area (Å²) >= 11 is 0. The van der Waals surface area contributed by atoms with Crippen LogP contribution in [0, 0.1) is 11.8 Å². The molecule has 0 saturated heterocycles. The first-order chi connectivity index (χ1) is 9.01. The van der Waals surface area contributed by atoms with Crippen molar-refractivity contribution in [3.05, 3.63) is 23.8 Å². The first-order valence-electron chi connectivity index (χ1n) is 6.95. The summed E-state index contributed by atoms with van der Waals surface area (Å²) in [7, 11) is 0. The Hall–Kier alpha value is -1.51. The number of hydrogen-bond acceptors (Lipinski definition) is 3. The zero-order chi connectivity index (χ0) is 14.4. The molecule has 0 spiro atoms. The van der Waals surface area contributed by atoms with Gasteiger partial charge in [-0.1, -0.05) is 20.8 Å². The topological polar surface area (TPSA) is 35.5 Å². The van der Waals surface area contributed by atoms with Crippen LogP contribution in [0.25, 0.3) is 0 Å². The Kier molecular flexibility index (Phi) is 5.87. The monoisotopic (exact) mass is 264 g/mol. The molecule has 0 aromatic heterocycles. The molecular weight excluding hydrogens is 240 g/mol. The largest absolute Gasteiger partial charge is 0.490 e. The van der Waals surface area contributed by atoms with Gasteiger partial charge in [-0.2, -0.15) is 0 Å². The minimum absolute atomic E-state index is 0.00687. The average Bonchev–Trinajstić information content (AvgIpc) is 2.39. The highest BCUT2D eigenvalue weighted by atomic mass is 16.5. The molecule has 1 aromatic carbocycles. The molecule has 1 rings (SSSR count). The molecular formula is C16H24O3. The van der Waals surface area contributed by atoms with E-state index >= 15 is 0 Å². The Morgan fingerprint density at radius 2 is 1.63 bits per heavy atom. The predicted octanol–water partition coefficient (Wildman–Crippen LogP) is 3.96. The molecule has 0 radical (unpaired) electrons. The Balaban J connectivity index is 3.03. The minimum atomic E-state index is 0.00687. The zero-order valence-corrected chi connectivity index (χ0v) is 12.5. The number of hydrogen-bond donors (Lipinski definition) is 0. The highest BCUT2D eigenvalue weighted by Crippen LogP contribution is 2.30. The van der Waals surface area contributed by atoms with E-state index in [-0.39, 0.29) is 11.7 Å². The third kappa shape index (κ3) is 3.98. The maximum Gasteiger partial charge on any atom is 0.166 e. The van der Waals surface area contributed by atoms with E-state index in [1.54, 1.807) is 6.07 Å². The molecule has 0 heterocycles. The molecule has 3 heteroatoms. The van der Waals surface area contributed by atoms with Gasteiger partial charge in [0, 0.05) is 11.5 Å². The van der Waals surface area contributed by atoms with E-state index in [0.717, 1.165) is 0 Å². The van der Waals surface area contributed by atoms with E-state index in [4.69, 9.17) is 9.47 Å². The fourth-order valence-corrected chi connectivity index (χ4v) is 1.77. The molecule has 0 aliphatic carbocycles. The van der Waals surface area contributed by atoms with E-state index in [1.165, 1.54) is 0 Å². The van der Waals surface area contributed by atoms with Crippen molar-refractivity contribution in [2.45, 2.75) is 34.6 Å². The van der Waals surface area contributed by atoms with Crippen LogP contribution in [-0.4, -0.2) is 19.0 Å². The van der Waals surface area contributed by atoms with E-state index in [1.807, 2.05) is 32.9 Å². The van der Waals surface area contributed by atoms with Crippen molar-refractivity contribution in [3.8, 4) is 11.5 Å². The van der Waals surface area contributed by atoms with Crippen LogP contribution < -0.4 is 9.47 Å². The lowest BCUT2D eigenvalue weighted by atomic mass is 9.89. The summed E-state index contributed by atoms with van der Waals surface area (Å²) < 4.78 is 11.0. The van der Waals surface area contributed by atoms with Crippen LogP contribution in [0.5, 0.6) is 11.5 Å². The lowest BCUT2D eigenvalue weighted by molar-refractivity contribution is 0.0899. The SMILES string of the molecule is CCOc1ccc(C(=O)C(C)C(C)C)cc1OCC. The summed E-state index contributed by atoms with van der Waals surface area (Å²) in [6, 6.07) is 5.42. The van der Waals surface area contributed by atoms with Crippen LogP contribution in [0.4, 0.5) is 0 Å².